The molecule has 6 nitrogen and oxygen atoms in total. The second-order valence-corrected chi connectivity index (χ2v) is 5.77. The van der Waals surface area contributed by atoms with Crippen LogP contribution in [0.2, 0.25) is 0 Å². The molecule has 1 aromatic carbocycles. The molecule has 15 heteroatoms. The van der Waals surface area contributed by atoms with Gasteiger partial charge in [-0.05, 0) is 23.5 Å². The quantitative estimate of drug-likeness (QED) is 0.391. The van der Waals surface area contributed by atoms with Gasteiger partial charge in [-0.1, -0.05) is 0 Å². The molecule has 0 aliphatic carbocycles. The number of carbonyl (C=O) groups is 1. The summed E-state index contributed by atoms with van der Waals surface area (Å²) in [6.07, 6.45) is -9.57. The van der Waals surface area contributed by atoms with Gasteiger partial charge >= 0.3 is 18.5 Å². The summed E-state index contributed by atoms with van der Waals surface area (Å²) >= 11 is 0. The predicted octanol–water partition coefficient (Wildman–Crippen LogP) is 3.07. The molecule has 0 spiro atoms. The number of nitrogens with zero attached hydrogens (tertiary/aromatic N) is 1. The van der Waals surface area contributed by atoms with Crippen molar-refractivity contribution in [3.05, 3.63) is 41.7 Å². The minimum Gasteiger partial charge on any atom is -0.512 e. The van der Waals surface area contributed by atoms with Gasteiger partial charge in [0.05, 0.1) is 12.7 Å². The highest BCUT2D eigenvalue weighted by molar-refractivity contribution is 6.58. The van der Waals surface area contributed by atoms with Crippen LogP contribution >= 0.6 is 0 Å². The summed E-state index contributed by atoms with van der Waals surface area (Å²) in [6.45, 7) is 0. The largest absolute Gasteiger partial charge is 0.573 e. The van der Waals surface area contributed by atoms with Crippen molar-refractivity contribution in [3.8, 4) is 23.0 Å². The zero-order chi connectivity index (χ0) is 23.6. The van der Waals surface area contributed by atoms with Crippen LogP contribution in [0, 0.1) is 0 Å². The van der Waals surface area contributed by atoms with Gasteiger partial charge in [0.25, 0.3) is 0 Å². The topological polar surface area (TPSA) is 66.9 Å². The first-order valence-electron chi connectivity index (χ1n) is 7.88. The summed E-state index contributed by atoms with van der Waals surface area (Å²) in [5, 5.41) is -2.42. The molecule has 0 aliphatic heterocycles. The zero-order valence-corrected chi connectivity index (χ0v) is 15.4. The maximum absolute atomic E-state index is 13.0. The fourth-order valence-corrected chi connectivity index (χ4v) is 2.09. The number of ether oxygens (including phenoxy) is 4. The summed E-state index contributed by atoms with van der Waals surface area (Å²) in [4.78, 5) is 15.2. The van der Waals surface area contributed by atoms with Crippen LogP contribution in [-0.4, -0.2) is 53.3 Å². The summed E-state index contributed by atoms with van der Waals surface area (Å²) < 4.78 is 94.7. The monoisotopic (exact) mass is 441 g/mol. The lowest BCUT2D eigenvalue weighted by molar-refractivity contribution is -0.274. The summed E-state index contributed by atoms with van der Waals surface area (Å²) in [5.41, 5.74) is -1.96. The van der Waals surface area contributed by atoms with Gasteiger partial charge < -0.3 is 18.9 Å². The number of esters is 1. The van der Waals surface area contributed by atoms with Crippen molar-refractivity contribution in [2.75, 3.05) is 7.11 Å². The Bertz CT molecular complexity index is 962. The predicted molar refractivity (Wildman–Crippen MR) is 94.4 cm³/mol. The molecule has 0 N–H and O–H groups in total. The van der Waals surface area contributed by atoms with E-state index >= 15 is 0 Å². The zero-order valence-electron chi connectivity index (χ0n) is 15.4. The molecule has 0 saturated carbocycles. The van der Waals surface area contributed by atoms with Crippen LogP contribution in [0.1, 0.15) is 16.1 Å². The van der Waals surface area contributed by atoms with Gasteiger partial charge in [-0.25, -0.2) is 9.78 Å². The van der Waals surface area contributed by atoms with E-state index in [9.17, 15) is 31.1 Å². The second kappa shape index (κ2) is 8.63. The van der Waals surface area contributed by atoms with Gasteiger partial charge in [0.15, 0.2) is 22.9 Å². The number of carbonyl (C=O) groups excluding carboxylic acids is 1. The Kier molecular flexibility index (Phi) is 6.76. The molecule has 1 heterocycles. The first-order chi connectivity index (χ1) is 14.1. The number of halogens is 6. The van der Waals surface area contributed by atoms with E-state index in [0.717, 1.165) is 19.2 Å². The Balaban J connectivity index is 2.56. The molecule has 2 aromatic rings. The number of alkyl halides is 6. The van der Waals surface area contributed by atoms with Crippen molar-refractivity contribution >= 4 is 29.5 Å². The fourth-order valence-electron chi connectivity index (χ4n) is 2.09. The standard InChI is InChI=1S/C16H8B3F6NO5/c1-28-13(27)12-11(4-7(6-26-12)14(20,21)22)29-9-3-2-8(30-16(23,24)25)5-10(9)31-15(17,18)19/h2-6H,1H3. The van der Waals surface area contributed by atoms with Crippen LogP contribution in [-0.2, 0) is 10.9 Å². The highest BCUT2D eigenvalue weighted by Gasteiger charge is 2.34. The van der Waals surface area contributed by atoms with Gasteiger partial charge in [-0.15, -0.1) is 13.2 Å². The lowest BCUT2D eigenvalue weighted by Crippen LogP contribution is -2.37. The molecule has 2 rings (SSSR count). The highest BCUT2D eigenvalue weighted by Crippen LogP contribution is 2.40. The van der Waals surface area contributed by atoms with Crippen LogP contribution in [0.5, 0.6) is 23.0 Å². The molecule has 6 radical (unpaired) electrons. The van der Waals surface area contributed by atoms with Crippen molar-refractivity contribution in [3.63, 3.8) is 0 Å². The third-order valence-electron chi connectivity index (χ3n) is 3.21. The van der Waals surface area contributed by atoms with Gasteiger partial charge in [0, 0.05) is 12.3 Å². The molecule has 31 heavy (non-hydrogen) atoms. The van der Waals surface area contributed by atoms with Crippen LogP contribution < -0.4 is 14.2 Å². The third-order valence-corrected chi connectivity index (χ3v) is 3.21. The Morgan fingerprint density at radius 3 is 2.10 bits per heavy atom. The first-order valence-corrected chi connectivity index (χ1v) is 7.88. The molecular formula is C16H8B3F6NO5. The average Bonchev–Trinajstić information content (AvgIpc) is 2.59. The van der Waals surface area contributed by atoms with Gasteiger partial charge in [-0.2, -0.15) is 13.2 Å². The summed E-state index contributed by atoms with van der Waals surface area (Å²) in [5.74, 6) is -3.90. The fraction of sp³-hybridized carbons (Fsp3) is 0.250. The number of hydrogen-bond donors (Lipinski definition) is 0. The molecule has 0 atom stereocenters. The maximum Gasteiger partial charge on any atom is 0.573 e. The van der Waals surface area contributed by atoms with E-state index in [4.69, 9.17) is 33.0 Å². The van der Waals surface area contributed by atoms with E-state index in [0.29, 0.717) is 18.3 Å². The SMILES string of the molecule is [B]C([B])([B])Oc1cc(OC(F)(F)F)ccc1Oc1cc(C(F)(F)F)cnc1C(=O)OC. The third kappa shape index (κ3) is 7.04. The summed E-state index contributed by atoms with van der Waals surface area (Å²) in [7, 11) is 16.7. The van der Waals surface area contributed by atoms with E-state index in [1.165, 1.54) is 0 Å². The van der Waals surface area contributed by atoms with E-state index < -0.39 is 58.1 Å². The number of methoxy groups -OCH3 is 1. The van der Waals surface area contributed by atoms with E-state index in [1.807, 2.05) is 0 Å². The van der Waals surface area contributed by atoms with Crippen molar-refractivity contribution in [2.24, 2.45) is 0 Å². The number of benzene rings is 1. The average molecular weight is 441 g/mol. The molecule has 158 valence electrons. The van der Waals surface area contributed by atoms with E-state index in [-0.39, 0.29) is 0 Å². The molecule has 0 fully saturated rings. The maximum atomic E-state index is 13.0. The van der Waals surface area contributed by atoms with Crippen LogP contribution in [0.4, 0.5) is 26.3 Å². The Labute approximate surface area is 175 Å². The van der Waals surface area contributed by atoms with Crippen molar-refractivity contribution in [1.29, 1.82) is 0 Å². The van der Waals surface area contributed by atoms with E-state index in [1.54, 1.807) is 0 Å². The number of rotatable bonds is 6. The smallest absolute Gasteiger partial charge is 0.512 e. The lowest BCUT2D eigenvalue weighted by atomic mass is 9.52. The molecule has 0 bridgehead atoms. The van der Waals surface area contributed by atoms with E-state index in [2.05, 4.69) is 14.5 Å². The molecule has 0 saturated heterocycles. The second-order valence-electron chi connectivity index (χ2n) is 5.77. The van der Waals surface area contributed by atoms with Gasteiger partial charge in [0.1, 0.15) is 29.3 Å². The Morgan fingerprint density at radius 2 is 1.58 bits per heavy atom. The molecule has 0 unspecified atom stereocenters. The van der Waals surface area contributed by atoms with Crippen molar-refractivity contribution in [2.45, 2.75) is 17.8 Å². The minimum atomic E-state index is -5.08. The molecular weight excluding hydrogens is 433 g/mol. The normalized spacial score (nSPS) is 12.2. The number of hydrogen-bond acceptors (Lipinski definition) is 6. The highest BCUT2D eigenvalue weighted by atomic mass is 19.4. The molecule has 0 amide bonds. The molecule has 0 aliphatic rings. The van der Waals surface area contributed by atoms with Crippen LogP contribution in [0.15, 0.2) is 30.5 Å². The van der Waals surface area contributed by atoms with Crippen LogP contribution in [0.3, 0.4) is 0 Å². The van der Waals surface area contributed by atoms with Crippen LogP contribution in [0.25, 0.3) is 0 Å². The lowest BCUT2D eigenvalue weighted by Gasteiger charge is -2.25. The van der Waals surface area contributed by atoms with Gasteiger partial charge in [0.2, 0.25) is 0 Å². The minimum absolute atomic E-state index is 0.363. The molecule has 1 aromatic heterocycles. The number of aromatic nitrogens is 1. The summed E-state index contributed by atoms with van der Waals surface area (Å²) in [6, 6.07) is 2.61. The van der Waals surface area contributed by atoms with Crippen molar-refractivity contribution in [1.82, 2.24) is 4.98 Å². The Morgan fingerprint density at radius 1 is 0.935 bits per heavy atom. The van der Waals surface area contributed by atoms with Gasteiger partial charge in [-0.3, -0.25) is 0 Å². The van der Waals surface area contributed by atoms with Crippen molar-refractivity contribution < 1.29 is 50.1 Å². The Hall–Kier alpha value is -2.99. The first kappa shape index (κ1) is 24.3. The number of pyridine rings is 1.